The van der Waals surface area contributed by atoms with Crippen LogP contribution in [0.25, 0.3) is 5.52 Å². The highest BCUT2D eigenvalue weighted by molar-refractivity contribution is 6.00. The summed E-state index contributed by atoms with van der Waals surface area (Å²) in [5, 5.41) is 14.1. The highest BCUT2D eigenvalue weighted by atomic mass is 16.3. The Hall–Kier alpha value is -1.88. The van der Waals surface area contributed by atoms with Crippen molar-refractivity contribution in [1.29, 1.82) is 0 Å². The topological polar surface area (TPSA) is 57.8 Å². The second-order valence-electron chi connectivity index (χ2n) is 5.17. The van der Waals surface area contributed by atoms with Crippen LogP contribution in [0.4, 0.5) is 0 Å². The van der Waals surface area contributed by atoms with Gasteiger partial charge in [0.05, 0.1) is 23.4 Å². The van der Waals surface area contributed by atoms with E-state index in [4.69, 9.17) is 0 Å². The van der Waals surface area contributed by atoms with Crippen molar-refractivity contribution in [2.45, 2.75) is 19.4 Å². The Bertz CT molecular complexity index is 608. The van der Waals surface area contributed by atoms with E-state index in [0.717, 1.165) is 11.9 Å². The van der Waals surface area contributed by atoms with Crippen LogP contribution in [0.2, 0.25) is 0 Å². The minimum absolute atomic E-state index is 0.0489. The molecule has 0 aliphatic carbocycles. The lowest BCUT2D eigenvalue weighted by Gasteiger charge is -2.34. The summed E-state index contributed by atoms with van der Waals surface area (Å²) >= 11 is 0. The SMILES string of the molecule is CC1CCN(C(=O)c2cnn3ccccc23)CC1O. The molecular weight excluding hydrogens is 242 g/mol. The van der Waals surface area contributed by atoms with E-state index >= 15 is 0 Å². The van der Waals surface area contributed by atoms with Gasteiger partial charge in [0.25, 0.3) is 5.91 Å². The number of aliphatic hydroxyl groups is 1. The molecule has 2 unspecified atom stereocenters. The Kier molecular flexibility index (Phi) is 2.98. The summed E-state index contributed by atoms with van der Waals surface area (Å²) in [6.45, 7) is 3.12. The van der Waals surface area contributed by atoms with E-state index in [1.807, 2.05) is 31.3 Å². The molecule has 1 aliphatic rings. The molecule has 3 rings (SSSR count). The molecule has 19 heavy (non-hydrogen) atoms. The van der Waals surface area contributed by atoms with Crippen LogP contribution in [-0.2, 0) is 0 Å². The number of amides is 1. The maximum absolute atomic E-state index is 12.5. The number of piperidine rings is 1. The quantitative estimate of drug-likeness (QED) is 0.836. The molecule has 1 aliphatic heterocycles. The Morgan fingerprint density at radius 2 is 2.32 bits per heavy atom. The van der Waals surface area contributed by atoms with Crippen LogP contribution in [0.1, 0.15) is 23.7 Å². The van der Waals surface area contributed by atoms with Gasteiger partial charge >= 0.3 is 0 Å². The summed E-state index contributed by atoms with van der Waals surface area (Å²) in [5.74, 6) is 0.208. The van der Waals surface area contributed by atoms with Gasteiger partial charge in [-0.2, -0.15) is 5.10 Å². The number of carbonyl (C=O) groups excluding carboxylic acids is 1. The maximum atomic E-state index is 12.5. The normalized spacial score (nSPS) is 23.8. The van der Waals surface area contributed by atoms with Crippen molar-refractivity contribution in [2.24, 2.45) is 5.92 Å². The molecule has 1 amide bonds. The van der Waals surface area contributed by atoms with E-state index in [0.29, 0.717) is 18.7 Å². The van der Waals surface area contributed by atoms with Gasteiger partial charge in [0.1, 0.15) is 0 Å². The van der Waals surface area contributed by atoms with Crippen LogP contribution in [0.3, 0.4) is 0 Å². The summed E-state index contributed by atoms with van der Waals surface area (Å²) in [4.78, 5) is 14.2. The monoisotopic (exact) mass is 259 g/mol. The predicted octanol–water partition coefficient (Wildman–Crippen LogP) is 1.18. The third-order valence-electron chi connectivity index (χ3n) is 3.86. The van der Waals surface area contributed by atoms with Crippen LogP contribution in [0.15, 0.2) is 30.6 Å². The van der Waals surface area contributed by atoms with Gasteiger partial charge in [-0.05, 0) is 24.5 Å². The molecule has 3 heterocycles. The summed E-state index contributed by atoms with van der Waals surface area (Å²) < 4.78 is 1.69. The highest BCUT2D eigenvalue weighted by Gasteiger charge is 2.29. The molecule has 0 aromatic carbocycles. The first kappa shape index (κ1) is 12.2. The number of aliphatic hydroxyl groups excluding tert-OH is 1. The second kappa shape index (κ2) is 4.66. The molecule has 0 spiro atoms. The van der Waals surface area contributed by atoms with Gasteiger partial charge in [-0.1, -0.05) is 13.0 Å². The van der Waals surface area contributed by atoms with Crippen LogP contribution in [0, 0.1) is 5.92 Å². The van der Waals surface area contributed by atoms with Crippen LogP contribution < -0.4 is 0 Å². The van der Waals surface area contributed by atoms with Crippen molar-refractivity contribution < 1.29 is 9.90 Å². The zero-order valence-corrected chi connectivity index (χ0v) is 10.9. The van der Waals surface area contributed by atoms with Crippen molar-refractivity contribution in [2.75, 3.05) is 13.1 Å². The number of carbonyl (C=O) groups is 1. The van der Waals surface area contributed by atoms with Crippen LogP contribution >= 0.6 is 0 Å². The zero-order valence-electron chi connectivity index (χ0n) is 10.9. The molecule has 1 fully saturated rings. The third kappa shape index (κ3) is 2.10. The number of rotatable bonds is 1. The number of hydrogen-bond donors (Lipinski definition) is 1. The number of nitrogens with zero attached hydrogens (tertiary/aromatic N) is 3. The number of β-amino-alcohol motifs (C(OH)–C–C–N with tert-alkyl or cyclic N) is 1. The smallest absolute Gasteiger partial charge is 0.257 e. The number of fused-ring (bicyclic) bond motifs is 1. The second-order valence-corrected chi connectivity index (χ2v) is 5.17. The molecular formula is C14H17N3O2. The molecule has 0 bridgehead atoms. The molecule has 5 heteroatoms. The van der Waals surface area contributed by atoms with E-state index < -0.39 is 6.10 Å². The standard InChI is InChI=1S/C14H17N3O2/c1-10-5-7-16(9-13(10)18)14(19)11-8-15-17-6-3-2-4-12(11)17/h2-4,6,8,10,13,18H,5,7,9H2,1H3. The Labute approximate surface area is 111 Å². The molecule has 2 aromatic rings. The lowest BCUT2D eigenvalue weighted by molar-refractivity contribution is 0.0250. The third-order valence-corrected chi connectivity index (χ3v) is 3.86. The summed E-state index contributed by atoms with van der Waals surface area (Å²) in [7, 11) is 0. The summed E-state index contributed by atoms with van der Waals surface area (Å²) in [6.07, 6.45) is 3.83. The fourth-order valence-electron chi connectivity index (χ4n) is 2.50. The average molecular weight is 259 g/mol. The number of hydrogen-bond acceptors (Lipinski definition) is 3. The molecule has 2 atom stereocenters. The van der Waals surface area contributed by atoms with Gasteiger partial charge in [-0.15, -0.1) is 0 Å². The van der Waals surface area contributed by atoms with Crippen molar-refractivity contribution in [1.82, 2.24) is 14.5 Å². The van der Waals surface area contributed by atoms with E-state index in [1.54, 1.807) is 15.6 Å². The molecule has 5 nitrogen and oxygen atoms in total. The lowest BCUT2D eigenvalue weighted by atomic mass is 9.95. The highest BCUT2D eigenvalue weighted by Crippen LogP contribution is 2.20. The van der Waals surface area contributed by atoms with Gasteiger partial charge in [0.15, 0.2) is 0 Å². The van der Waals surface area contributed by atoms with Gasteiger partial charge in [-0.25, -0.2) is 4.52 Å². The van der Waals surface area contributed by atoms with Crippen molar-refractivity contribution in [3.63, 3.8) is 0 Å². The van der Waals surface area contributed by atoms with E-state index in [-0.39, 0.29) is 11.8 Å². The molecule has 0 radical (unpaired) electrons. The Morgan fingerprint density at radius 1 is 1.47 bits per heavy atom. The summed E-state index contributed by atoms with van der Waals surface area (Å²) in [6, 6.07) is 5.64. The predicted molar refractivity (Wildman–Crippen MR) is 70.9 cm³/mol. The van der Waals surface area contributed by atoms with E-state index in [9.17, 15) is 9.90 Å². The zero-order chi connectivity index (χ0) is 13.4. The van der Waals surface area contributed by atoms with Crippen molar-refractivity contribution >= 4 is 11.4 Å². The fraction of sp³-hybridized carbons (Fsp3) is 0.429. The number of pyridine rings is 1. The maximum Gasteiger partial charge on any atom is 0.257 e. The first-order valence-electron chi connectivity index (χ1n) is 6.56. The largest absolute Gasteiger partial charge is 0.391 e. The van der Waals surface area contributed by atoms with Crippen molar-refractivity contribution in [3.8, 4) is 0 Å². The van der Waals surface area contributed by atoms with Gasteiger partial charge in [0.2, 0.25) is 0 Å². The minimum atomic E-state index is -0.431. The molecule has 0 saturated carbocycles. The fourth-order valence-corrected chi connectivity index (χ4v) is 2.50. The average Bonchev–Trinajstić information content (AvgIpc) is 2.85. The molecule has 100 valence electrons. The Balaban J connectivity index is 1.88. The first-order valence-corrected chi connectivity index (χ1v) is 6.56. The number of likely N-dealkylation sites (tertiary alicyclic amines) is 1. The van der Waals surface area contributed by atoms with E-state index in [1.165, 1.54) is 0 Å². The van der Waals surface area contributed by atoms with Gasteiger partial charge in [0, 0.05) is 19.3 Å². The summed E-state index contributed by atoms with van der Waals surface area (Å²) in [5.41, 5.74) is 1.41. The minimum Gasteiger partial charge on any atom is -0.391 e. The van der Waals surface area contributed by atoms with Gasteiger partial charge in [-0.3, -0.25) is 4.79 Å². The van der Waals surface area contributed by atoms with Crippen LogP contribution in [0.5, 0.6) is 0 Å². The molecule has 1 N–H and O–H groups in total. The van der Waals surface area contributed by atoms with E-state index in [2.05, 4.69) is 5.10 Å². The molecule has 1 saturated heterocycles. The van der Waals surface area contributed by atoms with Gasteiger partial charge < -0.3 is 10.0 Å². The lowest BCUT2D eigenvalue weighted by Crippen LogP contribution is -2.45. The van der Waals surface area contributed by atoms with Crippen LogP contribution in [-0.4, -0.2) is 44.7 Å². The van der Waals surface area contributed by atoms with Crippen molar-refractivity contribution in [3.05, 3.63) is 36.2 Å². The Morgan fingerprint density at radius 3 is 3.11 bits per heavy atom. The number of aromatic nitrogens is 2. The molecule has 2 aromatic heterocycles. The first-order chi connectivity index (χ1) is 9.16.